The molecule has 1 heterocycles. The van der Waals surface area contributed by atoms with Crippen LogP contribution in [0.2, 0.25) is 0 Å². The molecule has 0 aliphatic rings. The SMILES string of the molecule is COCC(C)(C)Nc1c([N+](=O)[O-])c(C)nn1C(C)C. The van der Waals surface area contributed by atoms with E-state index in [1.54, 1.807) is 18.7 Å². The summed E-state index contributed by atoms with van der Waals surface area (Å²) in [6, 6.07) is 0.0354. The number of nitro groups is 1. The Morgan fingerprint density at radius 1 is 1.53 bits per heavy atom. The Labute approximate surface area is 113 Å². The molecule has 1 aromatic heterocycles. The predicted molar refractivity (Wildman–Crippen MR) is 73.6 cm³/mol. The van der Waals surface area contributed by atoms with E-state index in [1.165, 1.54) is 0 Å². The number of hydrogen-bond donors (Lipinski definition) is 1. The third-order valence-corrected chi connectivity index (χ3v) is 2.69. The smallest absolute Gasteiger partial charge is 0.333 e. The number of nitrogens with one attached hydrogen (secondary N) is 1. The monoisotopic (exact) mass is 270 g/mol. The average Bonchev–Trinajstić information content (AvgIpc) is 2.54. The summed E-state index contributed by atoms with van der Waals surface area (Å²) in [7, 11) is 1.60. The Kier molecular flexibility index (Phi) is 4.52. The van der Waals surface area contributed by atoms with Crippen LogP contribution in [0.25, 0.3) is 0 Å². The van der Waals surface area contributed by atoms with Gasteiger partial charge >= 0.3 is 5.69 Å². The summed E-state index contributed by atoms with van der Waals surface area (Å²) in [5, 5.41) is 18.6. The van der Waals surface area contributed by atoms with Gasteiger partial charge in [-0.2, -0.15) is 5.10 Å². The van der Waals surface area contributed by atoms with E-state index in [4.69, 9.17) is 4.74 Å². The normalized spacial score (nSPS) is 11.9. The molecule has 1 N–H and O–H groups in total. The van der Waals surface area contributed by atoms with Crippen LogP contribution in [0.1, 0.15) is 39.4 Å². The van der Waals surface area contributed by atoms with Crippen molar-refractivity contribution in [2.24, 2.45) is 0 Å². The van der Waals surface area contributed by atoms with Crippen molar-refractivity contribution in [3.05, 3.63) is 15.8 Å². The van der Waals surface area contributed by atoms with Gasteiger partial charge in [0.2, 0.25) is 5.82 Å². The van der Waals surface area contributed by atoms with Gasteiger partial charge in [0.15, 0.2) is 0 Å². The summed E-state index contributed by atoms with van der Waals surface area (Å²) in [6.07, 6.45) is 0. The van der Waals surface area contributed by atoms with E-state index in [0.717, 1.165) is 0 Å². The van der Waals surface area contributed by atoms with Gasteiger partial charge in [0, 0.05) is 13.2 Å². The van der Waals surface area contributed by atoms with Crippen molar-refractivity contribution < 1.29 is 9.66 Å². The lowest BCUT2D eigenvalue weighted by atomic mass is 10.1. The molecule has 19 heavy (non-hydrogen) atoms. The topological polar surface area (TPSA) is 82.2 Å². The lowest BCUT2D eigenvalue weighted by Gasteiger charge is -2.26. The fourth-order valence-electron chi connectivity index (χ4n) is 1.96. The number of aryl methyl sites for hydroxylation is 1. The second-order valence-corrected chi connectivity index (χ2v) is 5.52. The summed E-state index contributed by atoms with van der Waals surface area (Å²) in [6.45, 7) is 9.80. The average molecular weight is 270 g/mol. The van der Waals surface area contributed by atoms with Crippen molar-refractivity contribution in [1.82, 2.24) is 9.78 Å². The maximum atomic E-state index is 11.2. The zero-order chi connectivity index (χ0) is 14.8. The third-order valence-electron chi connectivity index (χ3n) is 2.69. The van der Waals surface area contributed by atoms with Gasteiger partial charge in [0.25, 0.3) is 0 Å². The first-order chi connectivity index (χ1) is 8.69. The number of nitrogens with zero attached hydrogens (tertiary/aromatic N) is 3. The van der Waals surface area contributed by atoms with Crippen molar-refractivity contribution in [3.63, 3.8) is 0 Å². The van der Waals surface area contributed by atoms with Crippen LogP contribution in [-0.4, -0.2) is 34.0 Å². The molecule has 0 bridgehead atoms. The summed E-state index contributed by atoms with van der Waals surface area (Å²) in [5.74, 6) is 0.430. The molecule has 0 saturated carbocycles. The second-order valence-electron chi connectivity index (χ2n) is 5.52. The molecule has 0 aliphatic carbocycles. The Bertz CT molecular complexity index is 466. The van der Waals surface area contributed by atoms with Crippen LogP contribution in [0.5, 0.6) is 0 Å². The maximum Gasteiger partial charge on any atom is 0.333 e. The van der Waals surface area contributed by atoms with E-state index in [2.05, 4.69) is 10.4 Å². The minimum atomic E-state index is -0.418. The summed E-state index contributed by atoms with van der Waals surface area (Å²) in [4.78, 5) is 10.8. The molecular weight excluding hydrogens is 248 g/mol. The Balaban J connectivity index is 3.26. The molecule has 0 unspecified atom stereocenters. The molecule has 0 atom stereocenters. The molecule has 0 aromatic carbocycles. The van der Waals surface area contributed by atoms with Crippen molar-refractivity contribution in [2.75, 3.05) is 19.0 Å². The molecule has 0 amide bonds. The zero-order valence-corrected chi connectivity index (χ0v) is 12.4. The predicted octanol–water partition coefficient (Wildman–Crippen LogP) is 2.52. The van der Waals surface area contributed by atoms with Gasteiger partial charge < -0.3 is 10.1 Å². The van der Waals surface area contributed by atoms with E-state index in [0.29, 0.717) is 18.1 Å². The standard InChI is InChI=1S/C12H22N4O3/c1-8(2)15-11(13-12(4,5)7-19-6)10(16(17)18)9(3)14-15/h8,13H,7H2,1-6H3. The van der Waals surface area contributed by atoms with Crippen LogP contribution >= 0.6 is 0 Å². The lowest BCUT2D eigenvalue weighted by molar-refractivity contribution is -0.384. The van der Waals surface area contributed by atoms with Crippen LogP contribution < -0.4 is 5.32 Å². The van der Waals surface area contributed by atoms with E-state index in [1.807, 2.05) is 27.7 Å². The summed E-state index contributed by atoms with van der Waals surface area (Å²) < 4.78 is 6.77. The molecule has 1 aromatic rings. The van der Waals surface area contributed by atoms with Crippen molar-refractivity contribution in [1.29, 1.82) is 0 Å². The van der Waals surface area contributed by atoms with Gasteiger partial charge in [0.05, 0.1) is 17.1 Å². The second kappa shape index (κ2) is 5.56. The van der Waals surface area contributed by atoms with Crippen molar-refractivity contribution >= 4 is 11.5 Å². The number of methoxy groups -OCH3 is 1. The van der Waals surface area contributed by atoms with Gasteiger partial charge in [-0.25, -0.2) is 4.68 Å². The number of hydrogen-bond acceptors (Lipinski definition) is 5. The van der Waals surface area contributed by atoms with Gasteiger partial charge in [-0.15, -0.1) is 0 Å². The molecule has 7 nitrogen and oxygen atoms in total. The molecule has 108 valence electrons. The Morgan fingerprint density at radius 2 is 2.11 bits per heavy atom. The highest BCUT2D eigenvalue weighted by Crippen LogP contribution is 2.32. The molecule has 0 fully saturated rings. The molecule has 0 aliphatic heterocycles. The van der Waals surface area contributed by atoms with Crippen molar-refractivity contribution in [2.45, 2.75) is 46.2 Å². The molecule has 0 spiro atoms. The molecule has 0 saturated heterocycles. The quantitative estimate of drug-likeness (QED) is 0.634. The van der Waals surface area contributed by atoms with Gasteiger partial charge in [-0.3, -0.25) is 10.1 Å². The number of aromatic nitrogens is 2. The highest BCUT2D eigenvalue weighted by Gasteiger charge is 2.30. The molecule has 0 radical (unpaired) electrons. The van der Waals surface area contributed by atoms with E-state index < -0.39 is 10.5 Å². The van der Waals surface area contributed by atoms with Crippen LogP contribution in [0.3, 0.4) is 0 Å². The third kappa shape index (κ3) is 3.44. The van der Waals surface area contributed by atoms with Crippen molar-refractivity contribution in [3.8, 4) is 0 Å². The highest BCUT2D eigenvalue weighted by molar-refractivity contribution is 5.60. The molecule has 7 heteroatoms. The first kappa shape index (κ1) is 15.4. The summed E-state index contributed by atoms with van der Waals surface area (Å²) in [5.41, 5.74) is 0.0193. The van der Waals surface area contributed by atoms with Crippen LogP contribution in [0, 0.1) is 17.0 Å². The van der Waals surface area contributed by atoms with Gasteiger partial charge in [-0.1, -0.05) is 0 Å². The lowest BCUT2D eigenvalue weighted by Crippen LogP contribution is -2.37. The fraction of sp³-hybridized carbons (Fsp3) is 0.750. The van der Waals surface area contributed by atoms with Crippen LogP contribution in [0.15, 0.2) is 0 Å². The zero-order valence-electron chi connectivity index (χ0n) is 12.4. The van der Waals surface area contributed by atoms with E-state index in [9.17, 15) is 10.1 Å². The Morgan fingerprint density at radius 3 is 2.53 bits per heavy atom. The molecular formula is C12H22N4O3. The van der Waals surface area contributed by atoms with Crippen LogP contribution in [0.4, 0.5) is 11.5 Å². The number of rotatable bonds is 6. The minimum Gasteiger partial charge on any atom is -0.382 e. The fourth-order valence-corrected chi connectivity index (χ4v) is 1.96. The van der Waals surface area contributed by atoms with Crippen LogP contribution in [-0.2, 0) is 4.74 Å². The maximum absolute atomic E-state index is 11.2. The van der Waals surface area contributed by atoms with Gasteiger partial charge in [0.1, 0.15) is 5.69 Å². The minimum absolute atomic E-state index is 0.0258. The molecule has 1 rings (SSSR count). The highest BCUT2D eigenvalue weighted by atomic mass is 16.6. The number of anilines is 1. The number of ether oxygens (including phenoxy) is 1. The first-order valence-corrected chi connectivity index (χ1v) is 6.20. The largest absolute Gasteiger partial charge is 0.382 e. The van der Waals surface area contributed by atoms with Gasteiger partial charge in [-0.05, 0) is 34.6 Å². The summed E-state index contributed by atoms with van der Waals surface area (Å²) >= 11 is 0. The van der Waals surface area contributed by atoms with E-state index in [-0.39, 0.29) is 11.7 Å². The first-order valence-electron chi connectivity index (χ1n) is 6.20. The van der Waals surface area contributed by atoms with E-state index >= 15 is 0 Å². The Hall–Kier alpha value is -1.63.